The maximum Gasteiger partial charge on any atom is 0.295 e. The highest BCUT2D eigenvalue weighted by Crippen LogP contribution is 2.35. The molecule has 1 unspecified atom stereocenters. The molecule has 0 saturated carbocycles. The first-order valence-electron chi connectivity index (χ1n) is 3.79. The molecule has 4 heteroatoms. The predicted octanol–water partition coefficient (Wildman–Crippen LogP) is 1.12. The van der Waals surface area contributed by atoms with Gasteiger partial charge in [-0.05, 0) is 6.92 Å². The summed E-state index contributed by atoms with van der Waals surface area (Å²) in [7, 11) is 0. The van der Waals surface area contributed by atoms with Crippen molar-refractivity contribution >= 4 is 15.9 Å². The molecule has 0 aromatic rings. The number of hydrogen-bond donors (Lipinski definition) is 0. The van der Waals surface area contributed by atoms with E-state index in [0.717, 1.165) is 19.8 Å². The Hall–Kier alpha value is 0.360. The molecule has 3 aliphatic heterocycles. The zero-order valence-corrected chi connectivity index (χ0v) is 7.96. The van der Waals surface area contributed by atoms with Crippen LogP contribution < -0.4 is 0 Å². The summed E-state index contributed by atoms with van der Waals surface area (Å²) in [5.74, 6) is -0.363. The number of halogens is 1. The lowest BCUT2D eigenvalue weighted by Gasteiger charge is -2.46. The van der Waals surface area contributed by atoms with Gasteiger partial charge in [-0.3, -0.25) is 0 Å². The van der Waals surface area contributed by atoms with E-state index in [1.807, 2.05) is 6.92 Å². The van der Waals surface area contributed by atoms with Crippen LogP contribution in [0.1, 0.15) is 6.92 Å². The summed E-state index contributed by atoms with van der Waals surface area (Å²) in [4.78, 5) is 0.0799. The van der Waals surface area contributed by atoms with Crippen molar-refractivity contribution in [2.24, 2.45) is 5.92 Å². The van der Waals surface area contributed by atoms with Gasteiger partial charge in [0.15, 0.2) is 0 Å². The fourth-order valence-corrected chi connectivity index (χ4v) is 1.71. The van der Waals surface area contributed by atoms with E-state index >= 15 is 0 Å². The lowest BCUT2D eigenvalue weighted by atomic mass is 10.1. The van der Waals surface area contributed by atoms with Crippen molar-refractivity contribution in [2.45, 2.75) is 17.7 Å². The van der Waals surface area contributed by atoms with Gasteiger partial charge in [-0.15, -0.1) is 0 Å². The second-order valence-electron chi connectivity index (χ2n) is 3.02. The minimum absolute atomic E-state index is 0.0799. The first-order valence-corrected chi connectivity index (χ1v) is 4.70. The van der Waals surface area contributed by atoms with Crippen LogP contribution in [0.2, 0.25) is 0 Å². The summed E-state index contributed by atoms with van der Waals surface area (Å²) in [6, 6.07) is 0. The average molecular weight is 223 g/mol. The van der Waals surface area contributed by atoms with E-state index in [9.17, 15) is 0 Å². The third-order valence-corrected chi connectivity index (χ3v) is 2.61. The summed E-state index contributed by atoms with van der Waals surface area (Å²) in [6.07, 6.45) is 0. The van der Waals surface area contributed by atoms with Crippen LogP contribution in [-0.4, -0.2) is 30.6 Å². The second kappa shape index (κ2) is 2.69. The number of alkyl halides is 1. The Morgan fingerprint density at radius 2 is 1.73 bits per heavy atom. The van der Waals surface area contributed by atoms with Crippen molar-refractivity contribution in [3.05, 3.63) is 0 Å². The van der Waals surface area contributed by atoms with Crippen molar-refractivity contribution in [2.75, 3.05) is 19.8 Å². The van der Waals surface area contributed by atoms with Crippen LogP contribution in [0.4, 0.5) is 0 Å². The highest BCUT2D eigenvalue weighted by Gasteiger charge is 2.47. The number of fused-ring (bicyclic) bond motifs is 3. The normalized spacial score (nSPS) is 45.8. The Morgan fingerprint density at radius 1 is 1.27 bits per heavy atom. The van der Waals surface area contributed by atoms with Gasteiger partial charge in [-0.2, -0.15) is 0 Å². The van der Waals surface area contributed by atoms with Gasteiger partial charge in [0.05, 0.1) is 24.6 Å². The molecule has 3 aliphatic rings. The van der Waals surface area contributed by atoms with Crippen LogP contribution in [0, 0.1) is 5.92 Å². The van der Waals surface area contributed by atoms with Gasteiger partial charge in [-0.1, -0.05) is 15.9 Å². The summed E-state index contributed by atoms with van der Waals surface area (Å²) in [6.45, 7) is 4.24. The first kappa shape index (κ1) is 7.98. The van der Waals surface area contributed by atoms with E-state index < -0.39 is 5.97 Å². The van der Waals surface area contributed by atoms with E-state index in [0.29, 0.717) is 5.92 Å². The first-order chi connectivity index (χ1) is 5.23. The molecule has 3 rings (SSSR count). The highest BCUT2D eigenvalue weighted by atomic mass is 79.9. The summed E-state index contributed by atoms with van der Waals surface area (Å²) in [5, 5.41) is 0. The number of ether oxygens (including phenoxy) is 3. The van der Waals surface area contributed by atoms with E-state index in [4.69, 9.17) is 14.2 Å². The molecular formula is C7H11BrO3. The van der Waals surface area contributed by atoms with Gasteiger partial charge < -0.3 is 14.2 Å². The summed E-state index contributed by atoms with van der Waals surface area (Å²) in [5.41, 5.74) is 0. The maximum absolute atomic E-state index is 5.43. The van der Waals surface area contributed by atoms with Gasteiger partial charge >= 0.3 is 0 Å². The molecular weight excluding hydrogens is 212 g/mol. The lowest BCUT2D eigenvalue weighted by molar-refractivity contribution is -0.444. The molecule has 3 fully saturated rings. The quantitative estimate of drug-likeness (QED) is 0.623. The Morgan fingerprint density at radius 3 is 2.00 bits per heavy atom. The molecule has 3 heterocycles. The fourth-order valence-electron chi connectivity index (χ4n) is 1.32. The van der Waals surface area contributed by atoms with Crippen LogP contribution in [0.25, 0.3) is 0 Å². The predicted molar refractivity (Wildman–Crippen MR) is 42.5 cm³/mol. The number of hydrogen-bond acceptors (Lipinski definition) is 3. The molecule has 11 heavy (non-hydrogen) atoms. The Kier molecular flexibility index (Phi) is 1.95. The SMILES string of the molecule is CC(Br)C12OCC(CO1)CO2. The van der Waals surface area contributed by atoms with Crippen molar-refractivity contribution in [3.8, 4) is 0 Å². The summed E-state index contributed by atoms with van der Waals surface area (Å²) < 4.78 is 16.3. The van der Waals surface area contributed by atoms with Crippen LogP contribution in [0.15, 0.2) is 0 Å². The summed E-state index contributed by atoms with van der Waals surface area (Å²) >= 11 is 3.40. The highest BCUT2D eigenvalue weighted by molar-refractivity contribution is 9.09. The number of rotatable bonds is 1. The second-order valence-corrected chi connectivity index (χ2v) is 4.39. The Balaban J connectivity index is 2.12. The molecule has 1 atom stereocenters. The van der Waals surface area contributed by atoms with E-state index in [2.05, 4.69) is 15.9 Å². The topological polar surface area (TPSA) is 27.7 Å². The minimum Gasteiger partial charge on any atom is -0.326 e. The van der Waals surface area contributed by atoms with E-state index in [-0.39, 0.29) is 4.83 Å². The zero-order valence-electron chi connectivity index (χ0n) is 6.38. The molecule has 0 aliphatic carbocycles. The molecule has 0 spiro atoms. The fraction of sp³-hybridized carbons (Fsp3) is 1.00. The van der Waals surface area contributed by atoms with Gasteiger partial charge in [0, 0.05) is 5.92 Å². The molecule has 3 nitrogen and oxygen atoms in total. The van der Waals surface area contributed by atoms with Crippen LogP contribution in [0.3, 0.4) is 0 Å². The van der Waals surface area contributed by atoms with E-state index in [1.54, 1.807) is 0 Å². The van der Waals surface area contributed by atoms with Gasteiger partial charge in [0.2, 0.25) is 0 Å². The molecule has 2 bridgehead atoms. The van der Waals surface area contributed by atoms with Crippen molar-refractivity contribution < 1.29 is 14.2 Å². The molecule has 0 radical (unpaired) electrons. The third-order valence-electron chi connectivity index (χ3n) is 2.05. The largest absolute Gasteiger partial charge is 0.326 e. The van der Waals surface area contributed by atoms with Crippen LogP contribution in [-0.2, 0) is 14.2 Å². The van der Waals surface area contributed by atoms with Gasteiger partial charge in [0.1, 0.15) is 0 Å². The average Bonchev–Trinajstić information content (AvgIpc) is 2.08. The Labute approximate surface area is 74.1 Å². The standard InChI is InChI=1S/C7H11BrO3/c1-5(8)7-9-2-6(3-10-7)4-11-7/h5-6H,2-4H2,1H3. The van der Waals surface area contributed by atoms with E-state index in [1.165, 1.54) is 0 Å². The molecule has 0 aromatic carbocycles. The van der Waals surface area contributed by atoms with Crippen molar-refractivity contribution in [1.82, 2.24) is 0 Å². The van der Waals surface area contributed by atoms with Gasteiger partial charge in [-0.25, -0.2) is 0 Å². The smallest absolute Gasteiger partial charge is 0.295 e. The van der Waals surface area contributed by atoms with Crippen molar-refractivity contribution in [3.63, 3.8) is 0 Å². The van der Waals surface area contributed by atoms with Crippen LogP contribution in [0.5, 0.6) is 0 Å². The van der Waals surface area contributed by atoms with Crippen molar-refractivity contribution in [1.29, 1.82) is 0 Å². The Bertz CT molecular complexity index is 138. The molecule has 64 valence electrons. The zero-order chi connectivity index (χ0) is 7.90. The lowest BCUT2D eigenvalue weighted by Crippen LogP contribution is -2.57. The molecule has 0 N–H and O–H groups in total. The molecule has 3 saturated heterocycles. The van der Waals surface area contributed by atoms with Crippen LogP contribution >= 0.6 is 15.9 Å². The minimum atomic E-state index is -0.797. The molecule has 0 aromatic heterocycles. The van der Waals surface area contributed by atoms with Gasteiger partial charge in [0.25, 0.3) is 5.97 Å². The third kappa shape index (κ3) is 1.22. The maximum atomic E-state index is 5.43. The molecule has 0 amide bonds. The monoisotopic (exact) mass is 222 g/mol.